The molecule has 6 heteroatoms. The summed E-state index contributed by atoms with van der Waals surface area (Å²) in [5, 5.41) is 7.36. The van der Waals surface area contributed by atoms with Gasteiger partial charge >= 0.3 is 0 Å². The van der Waals surface area contributed by atoms with E-state index in [4.69, 9.17) is 26.5 Å². The second kappa shape index (κ2) is 16.5. The van der Waals surface area contributed by atoms with Crippen molar-refractivity contribution in [2.24, 2.45) is 0 Å². The van der Waals surface area contributed by atoms with Gasteiger partial charge in [-0.3, -0.25) is 9.55 Å². The lowest BCUT2D eigenvalue weighted by Crippen LogP contribution is -2.01. The van der Waals surface area contributed by atoms with E-state index in [0.29, 0.717) is 5.82 Å². The summed E-state index contributed by atoms with van der Waals surface area (Å²) < 4.78 is 4.85. The normalized spacial score (nSPS) is 11.6. The molecular weight excluding hydrogens is 859 g/mol. The van der Waals surface area contributed by atoms with Gasteiger partial charge in [-0.25, -0.2) is 15.0 Å². The lowest BCUT2D eigenvalue weighted by Gasteiger charge is -2.17. The van der Waals surface area contributed by atoms with Gasteiger partial charge < -0.3 is 0 Å². The van der Waals surface area contributed by atoms with Crippen LogP contribution in [-0.4, -0.2) is 24.5 Å². The predicted molar refractivity (Wildman–Crippen MR) is 289 cm³/mol. The van der Waals surface area contributed by atoms with Gasteiger partial charge in [-0.1, -0.05) is 152 Å². The Kier molecular flexibility index (Phi) is 9.66. The molecule has 0 N–H and O–H groups in total. The maximum absolute atomic E-state index is 5.36. The van der Waals surface area contributed by atoms with E-state index in [2.05, 4.69) is 187 Å². The number of para-hydroxylation sites is 1. The van der Waals surface area contributed by atoms with E-state index >= 15 is 0 Å². The van der Waals surface area contributed by atoms with Crippen LogP contribution in [0.4, 0.5) is 0 Å². The highest BCUT2D eigenvalue weighted by atomic mass is 32.1. The topological polar surface area (TPSA) is 56.5 Å². The highest BCUT2D eigenvalue weighted by molar-refractivity contribution is 7.26. The fourth-order valence-electron chi connectivity index (χ4n) is 10.1. The predicted octanol–water partition coefficient (Wildman–Crippen LogP) is 16.6. The van der Waals surface area contributed by atoms with Crippen molar-refractivity contribution >= 4 is 69.8 Å². The van der Waals surface area contributed by atoms with Crippen LogP contribution in [0.1, 0.15) is 16.8 Å². The van der Waals surface area contributed by atoms with Gasteiger partial charge in [0.05, 0.1) is 22.6 Å². The Morgan fingerprint density at radius 3 is 1.96 bits per heavy atom. The molecule has 0 unspecified atom stereocenters. The standard InChI is InChI=1S/C63H41N5S/c1-39-16-6-7-19-47(39)51-24-14-32-64-61(51)40(2)44-34-45(36-46(35-44)68-57-26-12-10-21-49(57)52-25-15-33-65-63(52)68)56-38-55(66-62(67-56)43-17-4-3-5-18-43)42-30-28-41(29-31-42)54-37-59-60(50-22-9-8-20-48(50)54)53-23-11-13-27-58(53)69-59/h3-38H,2H2,1H3. The third-order valence-corrected chi connectivity index (χ3v) is 14.5. The average Bonchev–Trinajstić information content (AvgIpc) is 3.97. The molecule has 0 aliphatic rings. The zero-order valence-electron chi connectivity index (χ0n) is 37.6. The van der Waals surface area contributed by atoms with E-state index in [0.717, 1.165) is 89.2 Å². The first-order valence-electron chi connectivity index (χ1n) is 23.1. The largest absolute Gasteiger partial charge is 0.294 e. The Bertz CT molecular complexity index is 4110. The van der Waals surface area contributed by atoms with Gasteiger partial charge in [-0.15, -0.1) is 11.3 Å². The fraction of sp³-hybridized carbons (Fsp3) is 0.0159. The summed E-state index contributed by atoms with van der Waals surface area (Å²) >= 11 is 1.86. The second-order valence-electron chi connectivity index (χ2n) is 17.5. The lowest BCUT2D eigenvalue weighted by molar-refractivity contribution is 1.13. The third-order valence-electron chi connectivity index (χ3n) is 13.4. The summed E-state index contributed by atoms with van der Waals surface area (Å²) in [4.78, 5) is 20.6. The summed E-state index contributed by atoms with van der Waals surface area (Å²) in [6.45, 7) is 6.92. The molecule has 13 rings (SSSR count). The molecule has 0 aliphatic heterocycles. The first-order valence-corrected chi connectivity index (χ1v) is 23.9. The highest BCUT2D eigenvalue weighted by Gasteiger charge is 2.20. The molecule has 5 heterocycles. The monoisotopic (exact) mass is 899 g/mol. The number of aryl methyl sites for hydroxylation is 1. The summed E-state index contributed by atoms with van der Waals surface area (Å²) in [5.74, 6) is 0.643. The van der Waals surface area contributed by atoms with E-state index in [1.807, 2.05) is 54.1 Å². The van der Waals surface area contributed by atoms with Crippen molar-refractivity contribution < 1.29 is 0 Å². The zero-order chi connectivity index (χ0) is 46.0. The minimum absolute atomic E-state index is 0.643. The van der Waals surface area contributed by atoms with Crippen LogP contribution in [0.3, 0.4) is 0 Å². The van der Waals surface area contributed by atoms with Gasteiger partial charge in [0.2, 0.25) is 0 Å². The molecule has 0 aliphatic carbocycles. The van der Waals surface area contributed by atoms with Crippen molar-refractivity contribution in [3.63, 3.8) is 0 Å². The summed E-state index contributed by atoms with van der Waals surface area (Å²) in [7, 11) is 0. The molecule has 0 atom stereocenters. The van der Waals surface area contributed by atoms with E-state index < -0.39 is 0 Å². The Labute approximate surface area is 403 Å². The number of aromatic nitrogens is 5. The summed E-state index contributed by atoms with van der Waals surface area (Å²) in [6.07, 6.45) is 3.71. The zero-order valence-corrected chi connectivity index (χ0v) is 38.5. The SMILES string of the molecule is C=C(c1cc(-c2cc(-c3ccc(-c4cc5sc6ccccc6c5c5ccccc45)cc3)nc(-c3ccccc3)n2)cc(-n2c3ccccc3c3cccnc32)c1)c1ncccc1-c1ccccc1C. The molecule has 5 aromatic heterocycles. The molecule has 0 amide bonds. The fourth-order valence-corrected chi connectivity index (χ4v) is 11.3. The van der Waals surface area contributed by atoms with E-state index in [-0.39, 0.29) is 0 Å². The van der Waals surface area contributed by atoms with Gasteiger partial charge in [0.25, 0.3) is 0 Å². The first-order chi connectivity index (χ1) is 34.0. The minimum atomic E-state index is 0.643. The van der Waals surface area contributed by atoms with Crippen LogP contribution in [0.2, 0.25) is 0 Å². The lowest BCUT2D eigenvalue weighted by atomic mass is 9.92. The Morgan fingerprint density at radius 2 is 1.12 bits per heavy atom. The number of pyridine rings is 2. The molecule has 0 bridgehead atoms. The Morgan fingerprint density at radius 1 is 0.464 bits per heavy atom. The molecule has 0 saturated carbocycles. The van der Waals surface area contributed by atoms with Crippen LogP contribution >= 0.6 is 11.3 Å². The van der Waals surface area contributed by atoms with Gasteiger partial charge in [-0.2, -0.15) is 0 Å². The van der Waals surface area contributed by atoms with Crippen LogP contribution in [0.15, 0.2) is 225 Å². The first kappa shape index (κ1) is 40.4. The van der Waals surface area contributed by atoms with Crippen LogP contribution in [0, 0.1) is 6.92 Å². The smallest absolute Gasteiger partial charge is 0.160 e. The molecule has 0 spiro atoms. The van der Waals surface area contributed by atoms with Crippen LogP contribution in [0.25, 0.3) is 120 Å². The van der Waals surface area contributed by atoms with Crippen LogP contribution in [0.5, 0.6) is 0 Å². The number of hydrogen-bond acceptors (Lipinski definition) is 5. The molecule has 324 valence electrons. The van der Waals surface area contributed by atoms with E-state index in [9.17, 15) is 0 Å². The summed E-state index contributed by atoms with van der Waals surface area (Å²) in [5.41, 5.74) is 15.6. The number of nitrogens with zero attached hydrogens (tertiary/aromatic N) is 5. The van der Waals surface area contributed by atoms with Gasteiger partial charge in [0.15, 0.2) is 5.82 Å². The molecule has 0 radical (unpaired) electrons. The minimum Gasteiger partial charge on any atom is -0.294 e. The molecular formula is C63H41N5S. The number of thiophene rings is 1. The molecule has 0 saturated heterocycles. The molecule has 8 aromatic carbocycles. The van der Waals surface area contributed by atoms with E-state index in [1.165, 1.54) is 42.1 Å². The van der Waals surface area contributed by atoms with Crippen LogP contribution < -0.4 is 0 Å². The maximum Gasteiger partial charge on any atom is 0.160 e. The van der Waals surface area contributed by atoms with Crippen molar-refractivity contribution in [1.82, 2.24) is 24.5 Å². The number of fused-ring (bicyclic) bond motifs is 8. The molecule has 0 fully saturated rings. The van der Waals surface area contributed by atoms with Crippen LogP contribution in [-0.2, 0) is 0 Å². The van der Waals surface area contributed by atoms with Crippen molar-refractivity contribution in [1.29, 1.82) is 0 Å². The second-order valence-corrected chi connectivity index (χ2v) is 18.6. The van der Waals surface area contributed by atoms with Crippen molar-refractivity contribution in [2.45, 2.75) is 6.92 Å². The average molecular weight is 900 g/mol. The maximum atomic E-state index is 5.36. The molecule has 13 aromatic rings. The van der Waals surface area contributed by atoms with Gasteiger partial charge in [0.1, 0.15) is 5.65 Å². The number of rotatable bonds is 8. The summed E-state index contributed by atoms with van der Waals surface area (Å²) in [6, 6.07) is 73.0. The quantitative estimate of drug-likeness (QED) is 0.152. The van der Waals surface area contributed by atoms with Crippen molar-refractivity contribution in [3.8, 4) is 61.8 Å². The van der Waals surface area contributed by atoms with Gasteiger partial charge in [0, 0.05) is 76.9 Å². The highest BCUT2D eigenvalue weighted by Crippen LogP contribution is 2.44. The van der Waals surface area contributed by atoms with Crippen molar-refractivity contribution in [2.75, 3.05) is 0 Å². The van der Waals surface area contributed by atoms with Gasteiger partial charge in [-0.05, 0) is 106 Å². The third kappa shape index (κ3) is 6.92. The Balaban J connectivity index is 0.996. The Hall–Kier alpha value is -8.84. The number of hydrogen-bond donors (Lipinski definition) is 0. The molecule has 69 heavy (non-hydrogen) atoms. The molecule has 5 nitrogen and oxygen atoms in total. The number of benzene rings is 8. The van der Waals surface area contributed by atoms with E-state index in [1.54, 1.807) is 0 Å². The van der Waals surface area contributed by atoms with Crippen molar-refractivity contribution in [3.05, 3.63) is 242 Å².